The van der Waals surface area contributed by atoms with Crippen molar-refractivity contribution in [2.75, 3.05) is 37.6 Å². The van der Waals surface area contributed by atoms with Crippen LogP contribution in [0.5, 0.6) is 5.88 Å². The molecule has 2 amide bonds. The molecule has 0 radical (unpaired) electrons. The molecule has 0 spiro atoms. The Morgan fingerprint density at radius 3 is 2.41 bits per heavy atom. The lowest BCUT2D eigenvalue weighted by molar-refractivity contribution is -0.138. The van der Waals surface area contributed by atoms with Crippen LogP contribution in [0.4, 0.5) is 28.2 Å². The maximum atomic E-state index is 13.6. The monoisotopic (exact) mass is 483 g/mol. The average Bonchev–Trinajstić information content (AvgIpc) is 2.81. The lowest BCUT2D eigenvalue weighted by atomic mass is 10.0. The largest absolute Gasteiger partial charge is 0.417 e. The lowest BCUT2D eigenvalue weighted by Gasteiger charge is -2.35. The van der Waals surface area contributed by atoms with Crippen molar-refractivity contribution in [3.05, 3.63) is 47.3 Å². The van der Waals surface area contributed by atoms with Crippen molar-refractivity contribution in [2.45, 2.75) is 32.4 Å². The summed E-state index contributed by atoms with van der Waals surface area (Å²) in [5.41, 5.74) is -1.88. The zero-order valence-corrected chi connectivity index (χ0v) is 18.6. The number of hydrogen-bond acceptors (Lipinski definition) is 6. The lowest BCUT2D eigenvalue weighted by Crippen LogP contribution is -2.49. The number of nitrogens with one attached hydrogen (secondary N) is 1. The Labute approximate surface area is 193 Å². The van der Waals surface area contributed by atoms with Crippen LogP contribution in [0.3, 0.4) is 0 Å². The minimum absolute atomic E-state index is 0.0244. The molecule has 184 valence electrons. The maximum Gasteiger partial charge on any atom is 0.417 e. The zero-order valence-electron chi connectivity index (χ0n) is 18.6. The quantitative estimate of drug-likeness (QED) is 0.475. The second-order valence-electron chi connectivity index (χ2n) is 7.72. The van der Waals surface area contributed by atoms with Crippen LogP contribution in [-0.2, 0) is 6.18 Å². The smallest absolute Gasteiger partial charge is 0.390 e. The first-order valence-corrected chi connectivity index (χ1v) is 10.9. The van der Waals surface area contributed by atoms with E-state index in [0.717, 1.165) is 19.3 Å². The third-order valence-electron chi connectivity index (χ3n) is 5.28. The van der Waals surface area contributed by atoms with E-state index in [1.807, 2.05) is 0 Å². The van der Waals surface area contributed by atoms with Crippen LogP contribution in [0.25, 0.3) is 0 Å². The van der Waals surface area contributed by atoms with Gasteiger partial charge in [0.05, 0.1) is 11.1 Å². The number of carbonyl (C=O) groups is 2. The van der Waals surface area contributed by atoms with E-state index in [0.29, 0.717) is 30.6 Å². The topological polar surface area (TPSA) is 87.7 Å². The number of anilines is 1. The molecule has 1 aromatic carbocycles. The predicted molar refractivity (Wildman–Crippen MR) is 115 cm³/mol. The number of benzene rings is 1. The highest BCUT2D eigenvalue weighted by Gasteiger charge is 2.37. The third-order valence-corrected chi connectivity index (χ3v) is 5.28. The highest BCUT2D eigenvalue weighted by Crippen LogP contribution is 2.33. The molecular weight excluding hydrogens is 458 g/mol. The number of amides is 2. The van der Waals surface area contributed by atoms with Gasteiger partial charge in [0.15, 0.2) is 5.82 Å². The van der Waals surface area contributed by atoms with Gasteiger partial charge < -0.3 is 19.9 Å². The van der Waals surface area contributed by atoms with Gasteiger partial charge in [0.1, 0.15) is 5.82 Å². The second-order valence-corrected chi connectivity index (χ2v) is 7.72. The van der Waals surface area contributed by atoms with Crippen LogP contribution >= 0.6 is 0 Å². The second kappa shape index (κ2) is 11.1. The van der Waals surface area contributed by atoms with Crippen molar-refractivity contribution < 1.29 is 31.9 Å². The third kappa shape index (κ3) is 6.55. The minimum Gasteiger partial charge on any atom is -0.390 e. The summed E-state index contributed by atoms with van der Waals surface area (Å²) < 4.78 is 58.3. The van der Waals surface area contributed by atoms with Crippen LogP contribution < -0.4 is 15.0 Å². The number of alkyl halides is 3. The van der Waals surface area contributed by atoms with Gasteiger partial charge >= 0.3 is 12.3 Å². The van der Waals surface area contributed by atoms with Gasteiger partial charge in [-0.15, -0.1) is 10.2 Å². The number of nitrogens with zero attached hydrogens (tertiary/aromatic N) is 4. The van der Waals surface area contributed by atoms with Crippen molar-refractivity contribution >= 4 is 17.8 Å². The first-order chi connectivity index (χ1) is 16.2. The highest BCUT2D eigenvalue weighted by atomic mass is 19.4. The molecule has 0 saturated carbocycles. The molecule has 0 atom stereocenters. The molecule has 8 nitrogen and oxygen atoms in total. The molecule has 1 saturated heterocycles. The molecule has 1 aliphatic rings. The highest BCUT2D eigenvalue weighted by molar-refractivity contribution is 5.96. The number of carbonyl (C=O) groups excluding carboxylic acids is 2. The van der Waals surface area contributed by atoms with Crippen LogP contribution in [0, 0.1) is 5.82 Å². The van der Waals surface area contributed by atoms with E-state index < -0.39 is 35.1 Å². The Morgan fingerprint density at radius 2 is 1.79 bits per heavy atom. The van der Waals surface area contributed by atoms with Gasteiger partial charge in [0, 0.05) is 38.8 Å². The van der Waals surface area contributed by atoms with E-state index in [9.17, 15) is 27.2 Å². The van der Waals surface area contributed by atoms with Gasteiger partial charge in [0.25, 0.3) is 5.91 Å². The average molecular weight is 483 g/mol. The fraction of sp³-hybridized carbons (Fsp3) is 0.455. The summed E-state index contributed by atoms with van der Waals surface area (Å²) in [6.45, 7) is 3.37. The fourth-order valence-corrected chi connectivity index (χ4v) is 3.48. The number of unbranched alkanes of at least 4 members (excludes halogenated alkanes) is 2. The molecule has 0 aliphatic carbocycles. The van der Waals surface area contributed by atoms with Crippen molar-refractivity contribution in [3.63, 3.8) is 0 Å². The number of ether oxygens (including phenoxy) is 1. The minimum atomic E-state index is -4.77. The summed E-state index contributed by atoms with van der Waals surface area (Å²) in [7, 11) is 0. The zero-order chi connectivity index (χ0) is 24.7. The number of hydrogen-bond donors (Lipinski definition) is 1. The van der Waals surface area contributed by atoms with Crippen molar-refractivity contribution in [1.29, 1.82) is 0 Å². The summed E-state index contributed by atoms with van der Waals surface area (Å²) in [4.78, 5) is 27.5. The molecule has 2 aromatic rings. The van der Waals surface area contributed by atoms with E-state index in [4.69, 9.17) is 4.74 Å². The molecule has 1 fully saturated rings. The summed E-state index contributed by atoms with van der Waals surface area (Å²) in [5, 5.41) is 10.5. The summed E-state index contributed by atoms with van der Waals surface area (Å²) in [6, 6.07) is 4.94. The molecule has 34 heavy (non-hydrogen) atoms. The normalized spacial score (nSPS) is 14.1. The standard InChI is InChI=1S/C22H25F4N5O3/c1-2-3-4-9-27-21(33)34-19-8-7-18(28-29-19)30-10-12-31(13-11-30)20(32)16-14-15(23)5-6-17(16)22(24,25)26/h5-8,14H,2-4,9-13H2,1H3,(H,27,33). The summed E-state index contributed by atoms with van der Waals surface area (Å²) >= 11 is 0. The Bertz CT molecular complexity index is 993. The Kier molecular flexibility index (Phi) is 8.24. The van der Waals surface area contributed by atoms with Crippen LogP contribution in [-0.4, -0.2) is 59.8 Å². The fourth-order valence-electron chi connectivity index (χ4n) is 3.48. The van der Waals surface area contributed by atoms with Crippen molar-refractivity contribution in [1.82, 2.24) is 20.4 Å². The molecule has 0 unspecified atom stereocenters. The van der Waals surface area contributed by atoms with Crippen LogP contribution in [0.15, 0.2) is 30.3 Å². The van der Waals surface area contributed by atoms with E-state index in [1.54, 1.807) is 11.0 Å². The molecule has 1 N–H and O–H groups in total. The molecule has 0 bridgehead atoms. The Morgan fingerprint density at radius 1 is 1.06 bits per heavy atom. The number of piperazine rings is 1. The Hall–Kier alpha value is -3.44. The molecular formula is C22H25F4N5O3. The SMILES string of the molecule is CCCCCNC(=O)Oc1ccc(N2CCN(C(=O)c3cc(F)ccc3C(F)(F)F)CC2)nn1. The molecule has 12 heteroatoms. The van der Waals surface area contributed by atoms with Gasteiger partial charge in [-0.25, -0.2) is 9.18 Å². The van der Waals surface area contributed by atoms with Crippen molar-refractivity contribution in [2.24, 2.45) is 0 Å². The summed E-state index contributed by atoms with van der Waals surface area (Å²) in [5.74, 6) is -1.31. The van der Waals surface area contributed by atoms with E-state index in [-0.39, 0.29) is 32.1 Å². The van der Waals surface area contributed by atoms with E-state index in [2.05, 4.69) is 22.4 Å². The molecule has 2 heterocycles. The van der Waals surface area contributed by atoms with Crippen molar-refractivity contribution in [3.8, 4) is 5.88 Å². The number of rotatable bonds is 7. The first kappa shape index (κ1) is 25.2. The first-order valence-electron chi connectivity index (χ1n) is 10.9. The summed E-state index contributed by atoms with van der Waals surface area (Å²) in [6.07, 6.45) is -2.51. The molecule has 1 aliphatic heterocycles. The van der Waals surface area contributed by atoms with Gasteiger partial charge in [0.2, 0.25) is 5.88 Å². The number of aromatic nitrogens is 2. The van der Waals surface area contributed by atoms with Crippen LogP contribution in [0.2, 0.25) is 0 Å². The molecule has 1 aromatic heterocycles. The Balaban J connectivity index is 1.56. The maximum absolute atomic E-state index is 13.6. The van der Waals surface area contributed by atoms with Crippen LogP contribution in [0.1, 0.15) is 42.1 Å². The molecule has 3 rings (SSSR count). The predicted octanol–water partition coefficient (Wildman–Crippen LogP) is 3.88. The van der Waals surface area contributed by atoms with Gasteiger partial charge in [-0.1, -0.05) is 19.8 Å². The van der Waals surface area contributed by atoms with Gasteiger partial charge in [-0.2, -0.15) is 13.2 Å². The van der Waals surface area contributed by atoms with Gasteiger partial charge in [-0.05, 0) is 30.7 Å². The van der Waals surface area contributed by atoms with Gasteiger partial charge in [-0.3, -0.25) is 4.79 Å². The van der Waals surface area contributed by atoms with E-state index in [1.165, 1.54) is 11.0 Å². The van der Waals surface area contributed by atoms with E-state index >= 15 is 0 Å². The number of halogens is 4.